The van der Waals surface area contributed by atoms with Crippen LogP contribution in [0.2, 0.25) is 5.02 Å². The van der Waals surface area contributed by atoms with E-state index in [1.54, 1.807) is 12.1 Å². The molecule has 0 aromatic heterocycles. The van der Waals surface area contributed by atoms with Crippen LogP contribution in [0.25, 0.3) is 0 Å². The van der Waals surface area contributed by atoms with Gasteiger partial charge >= 0.3 is 5.97 Å². The molecular formula is C17H18ClNO6S. The van der Waals surface area contributed by atoms with Gasteiger partial charge in [-0.25, -0.2) is 18.4 Å². The van der Waals surface area contributed by atoms with Crippen molar-refractivity contribution in [3.8, 4) is 11.5 Å². The van der Waals surface area contributed by atoms with Gasteiger partial charge in [0.25, 0.3) is 0 Å². The van der Waals surface area contributed by atoms with E-state index in [1.807, 2.05) is 6.92 Å². The minimum Gasteiger partial charge on any atom is -0.493 e. The van der Waals surface area contributed by atoms with E-state index in [1.165, 1.54) is 26.4 Å². The molecule has 0 unspecified atom stereocenters. The Hall–Kier alpha value is -2.29. The minimum absolute atomic E-state index is 0.0546. The van der Waals surface area contributed by atoms with E-state index in [9.17, 15) is 13.2 Å². The van der Waals surface area contributed by atoms with Gasteiger partial charge in [-0.1, -0.05) is 11.6 Å². The molecule has 0 radical (unpaired) electrons. The van der Waals surface area contributed by atoms with Crippen molar-refractivity contribution in [3.63, 3.8) is 0 Å². The lowest BCUT2D eigenvalue weighted by Crippen LogP contribution is -2.14. The largest absolute Gasteiger partial charge is 0.493 e. The number of nitrogens with two attached hydrogens (primary N) is 1. The zero-order valence-corrected chi connectivity index (χ0v) is 16.0. The lowest BCUT2D eigenvalue weighted by atomic mass is 10.1. The predicted molar refractivity (Wildman–Crippen MR) is 96.2 cm³/mol. The van der Waals surface area contributed by atoms with E-state index >= 15 is 0 Å². The lowest BCUT2D eigenvalue weighted by molar-refractivity contribution is 0.0471. The number of hydrogen-bond acceptors (Lipinski definition) is 6. The molecule has 26 heavy (non-hydrogen) atoms. The van der Waals surface area contributed by atoms with Crippen LogP contribution in [-0.4, -0.2) is 28.6 Å². The van der Waals surface area contributed by atoms with Crippen molar-refractivity contribution in [3.05, 3.63) is 52.0 Å². The SMILES string of the molecule is COc1cc(C)c(COC(=O)c2cc(S(N)(=O)=O)ccc2Cl)cc1OC. The summed E-state index contributed by atoms with van der Waals surface area (Å²) in [5, 5.41) is 5.13. The minimum atomic E-state index is -3.96. The first kappa shape index (κ1) is 20.0. The van der Waals surface area contributed by atoms with E-state index in [0.29, 0.717) is 17.1 Å². The van der Waals surface area contributed by atoms with E-state index in [0.717, 1.165) is 11.6 Å². The second kappa shape index (κ2) is 7.94. The number of carbonyl (C=O) groups is 1. The number of rotatable bonds is 6. The number of benzene rings is 2. The summed E-state index contributed by atoms with van der Waals surface area (Å²) in [4.78, 5) is 12.1. The molecule has 0 amide bonds. The van der Waals surface area contributed by atoms with E-state index in [4.69, 9.17) is 31.0 Å². The Morgan fingerprint density at radius 2 is 1.73 bits per heavy atom. The molecule has 0 aliphatic carbocycles. The zero-order chi connectivity index (χ0) is 19.5. The molecule has 9 heteroatoms. The van der Waals surface area contributed by atoms with Crippen molar-refractivity contribution in [1.29, 1.82) is 0 Å². The summed E-state index contributed by atoms with van der Waals surface area (Å²) < 4.78 is 38.6. The van der Waals surface area contributed by atoms with Crippen LogP contribution in [-0.2, 0) is 21.4 Å². The quantitative estimate of drug-likeness (QED) is 0.748. The molecule has 7 nitrogen and oxygen atoms in total. The first-order chi connectivity index (χ1) is 12.2. The van der Waals surface area contributed by atoms with Crippen molar-refractivity contribution in [2.45, 2.75) is 18.4 Å². The van der Waals surface area contributed by atoms with Gasteiger partial charge < -0.3 is 14.2 Å². The highest BCUT2D eigenvalue weighted by Crippen LogP contribution is 2.31. The van der Waals surface area contributed by atoms with Gasteiger partial charge in [0.05, 0.1) is 29.7 Å². The van der Waals surface area contributed by atoms with Crippen molar-refractivity contribution in [2.24, 2.45) is 5.14 Å². The third-order valence-electron chi connectivity index (χ3n) is 3.69. The molecule has 2 rings (SSSR count). The highest BCUT2D eigenvalue weighted by molar-refractivity contribution is 7.89. The molecule has 2 aromatic rings. The highest BCUT2D eigenvalue weighted by Gasteiger charge is 2.18. The number of aryl methyl sites for hydroxylation is 1. The fraction of sp³-hybridized carbons (Fsp3) is 0.235. The van der Waals surface area contributed by atoms with Crippen LogP contribution in [0.5, 0.6) is 11.5 Å². The fourth-order valence-electron chi connectivity index (χ4n) is 2.24. The maximum atomic E-state index is 12.3. The number of hydrogen-bond donors (Lipinski definition) is 1. The van der Waals surface area contributed by atoms with Gasteiger partial charge in [0.15, 0.2) is 11.5 Å². The van der Waals surface area contributed by atoms with Crippen molar-refractivity contribution in [1.82, 2.24) is 0 Å². The molecule has 0 aliphatic rings. The molecule has 2 N–H and O–H groups in total. The van der Waals surface area contributed by atoms with Crippen LogP contribution in [0.4, 0.5) is 0 Å². The molecule has 0 fully saturated rings. The third-order valence-corrected chi connectivity index (χ3v) is 4.93. The maximum Gasteiger partial charge on any atom is 0.340 e. The van der Waals surface area contributed by atoms with E-state index in [2.05, 4.69) is 0 Å². The zero-order valence-electron chi connectivity index (χ0n) is 14.4. The van der Waals surface area contributed by atoms with Gasteiger partial charge in [0.1, 0.15) is 6.61 Å². The smallest absolute Gasteiger partial charge is 0.340 e. The van der Waals surface area contributed by atoms with Crippen LogP contribution in [0.1, 0.15) is 21.5 Å². The number of sulfonamides is 1. The van der Waals surface area contributed by atoms with E-state index in [-0.39, 0.29) is 22.1 Å². The monoisotopic (exact) mass is 399 g/mol. The molecule has 2 aromatic carbocycles. The summed E-state index contributed by atoms with van der Waals surface area (Å²) in [6.07, 6.45) is 0. The summed E-state index contributed by atoms with van der Waals surface area (Å²) in [6, 6.07) is 7.04. The van der Waals surface area contributed by atoms with Crippen LogP contribution in [0, 0.1) is 6.92 Å². The highest BCUT2D eigenvalue weighted by atomic mass is 35.5. The average molecular weight is 400 g/mol. The third kappa shape index (κ3) is 4.46. The summed E-state index contributed by atoms with van der Waals surface area (Å²) in [5.74, 6) is 0.289. The summed E-state index contributed by atoms with van der Waals surface area (Å²) >= 11 is 5.97. The summed E-state index contributed by atoms with van der Waals surface area (Å²) in [6.45, 7) is 1.78. The van der Waals surface area contributed by atoms with Gasteiger partial charge in [-0.3, -0.25) is 0 Å². The molecular weight excluding hydrogens is 382 g/mol. The molecule has 0 bridgehead atoms. The normalized spacial score (nSPS) is 11.1. The molecule has 0 saturated carbocycles. The van der Waals surface area contributed by atoms with Crippen LogP contribution in [0.15, 0.2) is 35.2 Å². The Labute approximate surface area is 156 Å². The van der Waals surface area contributed by atoms with Crippen molar-refractivity contribution in [2.75, 3.05) is 14.2 Å². The Kier molecular flexibility index (Phi) is 6.12. The molecule has 0 aliphatic heterocycles. The summed E-state index contributed by atoms with van der Waals surface area (Å²) in [5.41, 5.74) is 1.45. The Morgan fingerprint density at radius 1 is 1.12 bits per heavy atom. The topological polar surface area (TPSA) is 105 Å². The fourth-order valence-corrected chi connectivity index (χ4v) is 2.97. The predicted octanol–water partition coefficient (Wildman–Crippen LogP) is 2.67. The second-order valence-corrected chi connectivity index (χ2v) is 7.37. The van der Waals surface area contributed by atoms with Crippen LogP contribution < -0.4 is 14.6 Å². The summed E-state index contributed by atoms with van der Waals surface area (Å²) in [7, 11) is -0.936. The Morgan fingerprint density at radius 3 is 2.31 bits per heavy atom. The number of halogens is 1. The number of ether oxygens (including phenoxy) is 3. The lowest BCUT2D eigenvalue weighted by Gasteiger charge is -2.13. The molecule has 0 spiro atoms. The van der Waals surface area contributed by atoms with Gasteiger partial charge in [0.2, 0.25) is 10.0 Å². The van der Waals surface area contributed by atoms with E-state index < -0.39 is 16.0 Å². The standard InChI is InChI=1S/C17H18ClNO6S/c1-10-6-15(23-2)16(24-3)7-11(10)9-25-17(20)13-8-12(26(19,21)22)4-5-14(13)18/h4-8H,9H2,1-3H3,(H2,19,21,22). The van der Waals surface area contributed by atoms with Gasteiger partial charge in [-0.2, -0.15) is 0 Å². The van der Waals surface area contributed by atoms with Crippen molar-refractivity contribution < 1.29 is 27.4 Å². The second-order valence-electron chi connectivity index (χ2n) is 5.40. The number of esters is 1. The Bertz CT molecular complexity index is 943. The van der Waals surface area contributed by atoms with Crippen LogP contribution >= 0.6 is 11.6 Å². The van der Waals surface area contributed by atoms with Crippen LogP contribution in [0.3, 0.4) is 0 Å². The molecule has 140 valence electrons. The van der Waals surface area contributed by atoms with Gasteiger partial charge in [0, 0.05) is 0 Å². The van der Waals surface area contributed by atoms with Gasteiger partial charge in [-0.05, 0) is 48.4 Å². The number of primary sulfonamides is 1. The first-order valence-corrected chi connectivity index (χ1v) is 9.30. The molecule has 0 atom stereocenters. The number of carbonyl (C=O) groups excluding carboxylic acids is 1. The first-order valence-electron chi connectivity index (χ1n) is 7.38. The molecule has 0 heterocycles. The molecule has 0 saturated heterocycles. The Balaban J connectivity index is 2.24. The van der Waals surface area contributed by atoms with Crippen molar-refractivity contribution >= 4 is 27.6 Å². The van der Waals surface area contributed by atoms with Gasteiger partial charge in [-0.15, -0.1) is 0 Å². The number of methoxy groups -OCH3 is 2. The average Bonchev–Trinajstić information content (AvgIpc) is 2.59. The maximum absolute atomic E-state index is 12.3.